The number of rotatable bonds is 7. The van der Waals surface area contributed by atoms with E-state index in [2.05, 4.69) is 0 Å². The third-order valence-corrected chi connectivity index (χ3v) is 3.32. The first-order valence-electron chi connectivity index (χ1n) is 5.54. The smallest absolute Gasteiger partial charge is 0.126 e. The molecule has 0 atom stereocenters. The normalized spacial score (nSPS) is 10.4. The maximum atomic E-state index is 7.74. The largest absolute Gasteiger partial charge is 0.687 e. The van der Waals surface area contributed by atoms with E-state index in [0.717, 1.165) is 3.43 Å². The van der Waals surface area contributed by atoms with Gasteiger partial charge in [-0.2, -0.15) is 0 Å². The van der Waals surface area contributed by atoms with Crippen LogP contribution < -0.4 is 3.43 Å². The van der Waals surface area contributed by atoms with Gasteiger partial charge in [0.05, 0.1) is 0 Å². The van der Waals surface area contributed by atoms with E-state index in [1.54, 1.807) is 22.9 Å². The average molecular weight is 306 g/mol. The zero-order chi connectivity index (χ0) is 14.6. The molecule has 0 spiro atoms. The van der Waals surface area contributed by atoms with Gasteiger partial charge in [-0.05, 0) is 36.0 Å². The van der Waals surface area contributed by atoms with Crippen molar-refractivity contribution < 1.29 is 1.41 Å². The fraction of sp³-hybridized carbons (Fsp3) is 0. The molecular formula is HB15IN-. The van der Waals surface area contributed by atoms with Crippen molar-refractivity contribution in [3.05, 3.63) is 0 Å². The van der Waals surface area contributed by atoms with Crippen molar-refractivity contribution >= 4 is 130 Å². The molecule has 0 aromatic heterocycles. The summed E-state index contributed by atoms with van der Waals surface area (Å²) in [6.45, 7) is -0.661. The van der Waals surface area contributed by atoms with E-state index in [1.807, 2.05) is 0 Å². The van der Waals surface area contributed by atoms with Gasteiger partial charge in [-0.15, -0.1) is 0 Å². The predicted octanol–water partition coefficient (Wildman–Crippen LogP) is -5.32. The Labute approximate surface area is 134 Å². The van der Waals surface area contributed by atoms with E-state index >= 15 is 0 Å². The summed E-state index contributed by atoms with van der Waals surface area (Å²) in [5, 5.41) is 0. The minimum Gasteiger partial charge on any atom is -0.687 e. The summed E-state index contributed by atoms with van der Waals surface area (Å²) >= 11 is 1.72. The summed E-state index contributed by atoms with van der Waals surface area (Å²) in [5.41, 5.74) is 0. The quantitative estimate of drug-likeness (QED) is 0.281. The van der Waals surface area contributed by atoms with Gasteiger partial charge in [0.25, 0.3) is 0 Å². The monoisotopic (exact) mass is 309 g/mol. The zero-order valence-electron chi connectivity index (χ0n) is 10.5. The molecule has 0 fully saturated rings. The van der Waals surface area contributed by atoms with Gasteiger partial charge in [0.15, 0.2) is 0 Å². The molecule has 1 N–H and O–H groups in total. The molecule has 0 aromatic rings. The zero-order valence-corrected chi connectivity index (χ0v) is 11.6. The molecule has 59 valence electrons. The van der Waals surface area contributed by atoms with Crippen LogP contribution in [0.2, 0.25) is 1.41 Å². The van der Waals surface area contributed by atoms with E-state index in [9.17, 15) is 0 Å². The summed E-state index contributed by atoms with van der Waals surface area (Å²) in [5.74, 6) is 0. The predicted molar refractivity (Wildman–Crippen MR) is 103 cm³/mol. The summed E-state index contributed by atoms with van der Waals surface area (Å²) in [6, 6.07) is 0. The van der Waals surface area contributed by atoms with Crippen LogP contribution in [-0.4, -0.2) is 107 Å². The van der Waals surface area contributed by atoms with Crippen LogP contribution in [0.25, 0.3) is 0 Å². The van der Waals surface area contributed by atoms with Crippen LogP contribution in [0.1, 0.15) is 0 Å². The molecule has 0 heterocycles. The molecule has 0 unspecified atom stereocenters. The first kappa shape index (κ1) is 16.7. The Hall–Kier alpha value is 1.66. The minimum absolute atomic E-state index is 0.631. The van der Waals surface area contributed by atoms with Gasteiger partial charge in [-0.25, -0.2) is 6.39 Å². The molecule has 0 aromatic carbocycles. The molecule has 17 radical (unpaired) electrons. The first-order chi connectivity index (χ1) is 8.11. The molecule has 17 heteroatoms. The maximum absolute atomic E-state index is 7.74. The van der Waals surface area contributed by atoms with Crippen LogP contribution in [0.5, 0.6) is 0 Å². The van der Waals surface area contributed by atoms with Gasteiger partial charge in [0, 0.05) is 73.0 Å². The van der Waals surface area contributed by atoms with Crippen LogP contribution in [0.15, 0.2) is 0 Å². The average Bonchev–Trinajstić information content (AvgIpc) is 2.13. The van der Waals surface area contributed by atoms with E-state index in [0.29, 0.717) is 0 Å². The molecule has 17 heavy (non-hydrogen) atoms. The highest BCUT2D eigenvalue weighted by atomic mass is 127. The number of halogens is 1. The molecule has 0 saturated heterocycles. The third-order valence-electron chi connectivity index (χ3n) is 2.68. The Morgan fingerprint density at radius 2 is 1.24 bits per heavy atom. The number of nitrogens with one attached hydrogen (secondary N) is 1. The van der Waals surface area contributed by atoms with Gasteiger partial charge in [0.1, 0.15) is 8.04 Å². The van der Waals surface area contributed by atoms with Crippen LogP contribution in [0, 0.1) is 0 Å². The fourth-order valence-electron chi connectivity index (χ4n) is 1.81. The second-order valence-corrected chi connectivity index (χ2v) is 4.61. The molecule has 0 aliphatic rings. The molecule has 0 saturated carbocycles. The lowest BCUT2D eigenvalue weighted by Crippen LogP contribution is -2.77. The van der Waals surface area contributed by atoms with Crippen molar-refractivity contribution in [2.45, 2.75) is 0 Å². The summed E-state index contributed by atoms with van der Waals surface area (Å²) in [4.78, 5) is 0. The molecule has 0 rings (SSSR count). The Kier molecular flexibility index (Phi) is 8.61. The lowest BCUT2D eigenvalue weighted by molar-refractivity contribution is 1.79. The lowest BCUT2D eigenvalue weighted by atomic mass is 8.50. The second kappa shape index (κ2) is 8.76. The Balaban J connectivity index is 5.37. The van der Waals surface area contributed by atoms with Crippen LogP contribution in [0.3, 0.4) is 0 Å². The van der Waals surface area contributed by atoms with Crippen LogP contribution in [0.4, 0.5) is 0 Å². The SMILES string of the molecule is [3H]N(I)B(B(B([B])[B])B([B])[B])B(B([B])[B])B([B])[B-]. The van der Waals surface area contributed by atoms with Crippen molar-refractivity contribution in [3.8, 4) is 0 Å². The summed E-state index contributed by atoms with van der Waals surface area (Å²) < 4.78 is 8.81. The maximum Gasteiger partial charge on any atom is 0.126 e. The van der Waals surface area contributed by atoms with Crippen molar-refractivity contribution in [1.29, 1.82) is 0 Å². The minimum atomic E-state index is -0.849. The van der Waals surface area contributed by atoms with Crippen molar-refractivity contribution in [2.75, 3.05) is 0 Å². The number of hydrogen-bond donors (Lipinski definition) is 1. The Morgan fingerprint density at radius 1 is 0.882 bits per heavy atom. The van der Waals surface area contributed by atoms with Crippen molar-refractivity contribution in [1.82, 2.24) is 3.43 Å². The van der Waals surface area contributed by atoms with Gasteiger partial charge < -0.3 is 11.2 Å². The molecule has 1 nitrogen and oxygen atoms in total. The second-order valence-electron chi connectivity index (χ2n) is 4.05. The highest BCUT2D eigenvalue weighted by Gasteiger charge is 2.38. The molecular weight excluding hydrogens is 303 g/mol. The van der Waals surface area contributed by atoms with Crippen LogP contribution >= 0.6 is 22.9 Å². The van der Waals surface area contributed by atoms with E-state index in [4.69, 9.17) is 63.3 Å². The molecule has 0 aliphatic heterocycles. The van der Waals surface area contributed by atoms with E-state index in [-0.39, 0.29) is 0 Å². The standard InChI is InChI=1S/B15HIN/c1-9(2)13(10(3)4)15(17-16)14(11(5)6)12(7)8/h17H/q-1/i/hT. The number of hydrogen-bond acceptors (Lipinski definition) is 1. The van der Waals surface area contributed by atoms with Gasteiger partial charge in [-0.3, -0.25) is 0 Å². The van der Waals surface area contributed by atoms with E-state index in [1.165, 1.54) is 0 Å². The summed E-state index contributed by atoms with van der Waals surface area (Å²) in [7, 11) is 45.2. The highest BCUT2D eigenvalue weighted by molar-refractivity contribution is 14.1. The Morgan fingerprint density at radius 3 is 1.41 bits per heavy atom. The molecule has 0 bridgehead atoms. The van der Waals surface area contributed by atoms with E-state index < -0.39 is 44.9 Å². The summed E-state index contributed by atoms with van der Waals surface area (Å²) in [6.07, 6.45) is -4.66. The van der Waals surface area contributed by atoms with Gasteiger partial charge >= 0.3 is 0 Å². The highest BCUT2D eigenvalue weighted by Crippen LogP contribution is 2.01. The topological polar surface area (TPSA) is 12.0 Å². The van der Waals surface area contributed by atoms with Crippen LogP contribution in [-0.2, 0) is 0 Å². The van der Waals surface area contributed by atoms with Crippen molar-refractivity contribution in [2.24, 2.45) is 0 Å². The van der Waals surface area contributed by atoms with Crippen molar-refractivity contribution in [3.63, 3.8) is 0 Å². The first-order valence-corrected chi connectivity index (χ1v) is 6.06. The molecule has 0 aliphatic carbocycles. The Bertz CT molecular complexity index is 191. The van der Waals surface area contributed by atoms with Gasteiger partial charge in [0.2, 0.25) is 0 Å². The fourth-order valence-corrected chi connectivity index (χ4v) is 2.55. The molecule has 0 amide bonds. The van der Waals surface area contributed by atoms with Gasteiger partial charge in [-0.1, -0.05) is 0 Å². The lowest BCUT2D eigenvalue weighted by Gasteiger charge is -2.41. The third kappa shape index (κ3) is 5.66.